The van der Waals surface area contributed by atoms with Crippen LogP contribution in [0.2, 0.25) is 5.02 Å². The Morgan fingerprint density at radius 2 is 1.79 bits per heavy atom. The molecule has 0 aliphatic carbocycles. The van der Waals surface area contributed by atoms with Crippen LogP contribution < -0.4 is 23.8 Å². The van der Waals surface area contributed by atoms with Gasteiger partial charge in [-0.15, -0.1) is 0 Å². The van der Waals surface area contributed by atoms with E-state index in [1.54, 1.807) is 49.6 Å². The van der Waals surface area contributed by atoms with E-state index >= 15 is 0 Å². The van der Waals surface area contributed by atoms with E-state index in [2.05, 4.69) is 5.32 Å². The summed E-state index contributed by atoms with van der Waals surface area (Å²) in [6.07, 6.45) is -1.06. The lowest BCUT2D eigenvalue weighted by atomic mass is 10.2. The minimum absolute atomic E-state index is 0.104. The summed E-state index contributed by atoms with van der Waals surface area (Å²) in [5.41, 5.74) is 0.278. The number of para-hydroxylation sites is 2. The third-order valence-electron chi connectivity index (χ3n) is 5.14. The van der Waals surface area contributed by atoms with Crippen molar-refractivity contribution in [2.75, 3.05) is 31.1 Å². The first-order valence-corrected chi connectivity index (χ1v) is 12.3. The van der Waals surface area contributed by atoms with E-state index in [0.29, 0.717) is 16.5 Å². The molecule has 1 unspecified atom stereocenters. The van der Waals surface area contributed by atoms with Crippen molar-refractivity contribution in [1.82, 2.24) is 5.32 Å². The summed E-state index contributed by atoms with van der Waals surface area (Å²) in [5, 5.41) is 3.09. The fourth-order valence-electron chi connectivity index (χ4n) is 3.50. The van der Waals surface area contributed by atoms with Crippen LogP contribution in [0.1, 0.15) is 0 Å². The highest BCUT2D eigenvalue weighted by molar-refractivity contribution is 7.92. The second-order valence-electron chi connectivity index (χ2n) is 7.36. The summed E-state index contributed by atoms with van der Waals surface area (Å²) >= 11 is 6.11. The molecule has 0 saturated heterocycles. The van der Waals surface area contributed by atoms with Gasteiger partial charge in [0.25, 0.3) is 15.9 Å². The summed E-state index contributed by atoms with van der Waals surface area (Å²) in [6, 6.07) is 19.8. The number of methoxy groups -OCH3 is 1. The smallest absolute Gasteiger partial charge is 0.264 e. The second-order valence-corrected chi connectivity index (χ2v) is 9.66. The largest absolute Gasteiger partial charge is 0.493 e. The van der Waals surface area contributed by atoms with Crippen molar-refractivity contribution in [2.45, 2.75) is 11.0 Å². The molecule has 10 heteroatoms. The molecule has 0 aromatic heterocycles. The number of amides is 1. The molecule has 34 heavy (non-hydrogen) atoms. The number of nitrogens with one attached hydrogen (secondary N) is 1. The Morgan fingerprint density at radius 1 is 1.09 bits per heavy atom. The van der Waals surface area contributed by atoms with Crippen molar-refractivity contribution < 1.29 is 27.4 Å². The summed E-state index contributed by atoms with van der Waals surface area (Å²) in [5.74, 6) is 0.929. The van der Waals surface area contributed by atoms with E-state index < -0.39 is 22.0 Å². The highest BCUT2D eigenvalue weighted by Gasteiger charge is 2.37. The SMILES string of the molecule is COc1ccccc1OCCNC(=O)C1CN(S(=O)(=O)c2ccccc2)c2cc(Cl)ccc2O1. The molecule has 0 radical (unpaired) electrons. The number of halogens is 1. The molecule has 4 rings (SSSR count). The molecule has 1 aliphatic heterocycles. The van der Waals surface area contributed by atoms with Crippen LogP contribution in [0.5, 0.6) is 17.2 Å². The Hall–Kier alpha value is -3.43. The maximum Gasteiger partial charge on any atom is 0.264 e. The third kappa shape index (κ3) is 5.05. The normalized spacial score (nSPS) is 15.1. The van der Waals surface area contributed by atoms with Crippen molar-refractivity contribution in [3.8, 4) is 17.2 Å². The maximum absolute atomic E-state index is 13.4. The highest BCUT2D eigenvalue weighted by atomic mass is 35.5. The molecule has 0 saturated carbocycles. The van der Waals surface area contributed by atoms with Crippen LogP contribution in [0.3, 0.4) is 0 Å². The molecule has 0 fully saturated rings. The van der Waals surface area contributed by atoms with Gasteiger partial charge < -0.3 is 19.5 Å². The van der Waals surface area contributed by atoms with Gasteiger partial charge in [-0.05, 0) is 42.5 Å². The zero-order valence-electron chi connectivity index (χ0n) is 18.3. The van der Waals surface area contributed by atoms with Gasteiger partial charge in [0.1, 0.15) is 12.4 Å². The van der Waals surface area contributed by atoms with Crippen molar-refractivity contribution in [2.24, 2.45) is 0 Å². The van der Waals surface area contributed by atoms with Gasteiger partial charge in [-0.25, -0.2) is 8.42 Å². The predicted octanol–water partition coefficient (Wildman–Crippen LogP) is 3.50. The van der Waals surface area contributed by atoms with E-state index in [-0.39, 0.29) is 36.0 Å². The molecule has 1 atom stereocenters. The van der Waals surface area contributed by atoms with Gasteiger partial charge in [0.15, 0.2) is 17.6 Å². The number of carbonyl (C=O) groups is 1. The molecule has 3 aromatic carbocycles. The Bertz CT molecular complexity index is 1270. The topological polar surface area (TPSA) is 94.2 Å². The quantitative estimate of drug-likeness (QED) is 0.474. The summed E-state index contributed by atoms with van der Waals surface area (Å²) in [7, 11) is -2.41. The summed E-state index contributed by atoms with van der Waals surface area (Å²) < 4.78 is 44.6. The van der Waals surface area contributed by atoms with Gasteiger partial charge in [-0.3, -0.25) is 9.10 Å². The van der Waals surface area contributed by atoms with E-state index in [9.17, 15) is 13.2 Å². The van der Waals surface area contributed by atoms with Crippen molar-refractivity contribution in [3.63, 3.8) is 0 Å². The van der Waals surface area contributed by atoms with Crippen LogP contribution in [0.15, 0.2) is 77.7 Å². The summed E-state index contributed by atoms with van der Waals surface area (Å²) in [4.78, 5) is 13.0. The van der Waals surface area contributed by atoms with Gasteiger partial charge in [-0.1, -0.05) is 41.9 Å². The number of rotatable bonds is 8. The van der Waals surface area contributed by atoms with E-state index in [1.807, 2.05) is 12.1 Å². The lowest BCUT2D eigenvalue weighted by molar-refractivity contribution is -0.127. The number of ether oxygens (including phenoxy) is 3. The van der Waals surface area contributed by atoms with Crippen LogP contribution in [0, 0.1) is 0 Å². The zero-order chi connectivity index (χ0) is 24.1. The molecule has 0 spiro atoms. The highest BCUT2D eigenvalue weighted by Crippen LogP contribution is 2.38. The Morgan fingerprint density at radius 3 is 2.53 bits per heavy atom. The number of hydrogen-bond acceptors (Lipinski definition) is 6. The number of benzene rings is 3. The van der Waals surface area contributed by atoms with Gasteiger partial charge in [0.05, 0.1) is 30.8 Å². The minimum Gasteiger partial charge on any atom is -0.493 e. The number of nitrogens with zero attached hydrogens (tertiary/aromatic N) is 1. The van der Waals surface area contributed by atoms with E-state index in [1.165, 1.54) is 18.2 Å². The molecule has 3 aromatic rings. The fraction of sp³-hybridized carbons (Fsp3) is 0.208. The number of anilines is 1. The number of fused-ring (bicyclic) bond motifs is 1. The molecule has 178 valence electrons. The standard InChI is InChI=1S/C24H23ClN2O6S/c1-31-21-9-5-6-10-22(21)32-14-13-26-24(28)23-16-27(19-15-17(25)11-12-20(19)33-23)34(29,30)18-7-3-2-4-8-18/h2-12,15,23H,13-14,16H2,1H3,(H,26,28). The number of hydrogen-bond donors (Lipinski definition) is 1. The average molecular weight is 503 g/mol. The molecule has 1 aliphatic rings. The molecule has 0 bridgehead atoms. The predicted molar refractivity (Wildman–Crippen MR) is 128 cm³/mol. The van der Waals surface area contributed by atoms with Crippen LogP contribution in [-0.2, 0) is 14.8 Å². The zero-order valence-corrected chi connectivity index (χ0v) is 19.9. The van der Waals surface area contributed by atoms with Crippen molar-refractivity contribution in [1.29, 1.82) is 0 Å². The van der Waals surface area contributed by atoms with E-state index in [0.717, 1.165) is 4.31 Å². The van der Waals surface area contributed by atoms with Gasteiger partial charge in [-0.2, -0.15) is 0 Å². The number of sulfonamides is 1. The van der Waals surface area contributed by atoms with Crippen LogP contribution in [-0.4, -0.2) is 47.2 Å². The Labute approximate surface area is 203 Å². The second kappa shape index (κ2) is 10.2. The third-order valence-corrected chi connectivity index (χ3v) is 7.17. The molecular weight excluding hydrogens is 480 g/mol. The lowest BCUT2D eigenvalue weighted by Gasteiger charge is -2.34. The first-order valence-electron chi connectivity index (χ1n) is 10.5. The Balaban J connectivity index is 1.47. The van der Waals surface area contributed by atoms with Crippen LogP contribution >= 0.6 is 11.6 Å². The maximum atomic E-state index is 13.4. The first-order chi connectivity index (χ1) is 16.4. The molecular formula is C24H23ClN2O6S. The number of carbonyl (C=O) groups excluding carboxylic acids is 1. The average Bonchev–Trinajstić information content (AvgIpc) is 2.86. The van der Waals surface area contributed by atoms with Gasteiger partial charge in [0, 0.05) is 5.02 Å². The van der Waals surface area contributed by atoms with Gasteiger partial charge in [0.2, 0.25) is 0 Å². The molecule has 8 nitrogen and oxygen atoms in total. The molecule has 1 amide bonds. The Kier molecular flexibility index (Phi) is 7.14. The van der Waals surface area contributed by atoms with Crippen LogP contribution in [0.25, 0.3) is 0 Å². The van der Waals surface area contributed by atoms with Crippen LogP contribution in [0.4, 0.5) is 5.69 Å². The molecule has 1 N–H and O–H groups in total. The minimum atomic E-state index is -3.95. The van der Waals surface area contributed by atoms with Crippen molar-refractivity contribution >= 4 is 33.2 Å². The molecule has 1 heterocycles. The fourth-order valence-corrected chi connectivity index (χ4v) is 5.15. The monoisotopic (exact) mass is 502 g/mol. The van der Waals surface area contributed by atoms with E-state index in [4.69, 9.17) is 25.8 Å². The summed E-state index contributed by atoms with van der Waals surface area (Å²) in [6.45, 7) is 0.177. The lowest BCUT2D eigenvalue weighted by Crippen LogP contribution is -2.51. The van der Waals surface area contributed by atoms with Crippen molar-refractivity contribution in [3.05, 3.63) is 77.8 Å². The van der Waals surface area contributed by atoms with Gasteiger partial charge >= 0.3 is 0 Å². The first kappa shape index (κ1) is 23.7.